The van der Waals surface area contributed by atoms with E-state index in [9.17, 15) is 9.59 Å². The second-order valence-electron chi connectivity index (χ2n) is 4.99. The van der Waals surface area contributed by atoms with Crippen LogP contribution in [0.1, 0.15) is 36.0 Å². The van der Waals surface area contributed by atoms with Gasteiger partial charge in [0.05, 0.1) is 5.92 Å². The lowest BCUT2D eigenvalue weighted by Crippen LogP contribution is -2.31. The predicted octanol–water partition coefficient (Wildman–Crippen LogP) is 1.84. The second kappa shape index (κ2) is 5.73. The van der Waals surface area contributed by atoms with Crippen LogP contribution in [0.2, 0.25) is 0 Å². The summed E-state index contributed by atoms with van der Waals surface area (Å²) in [7, 11) is 0. The van der Waals surface area contributed by atoms with Gasteiger partial charge in [0.15, 0.2) is 0 Å². The van der Waals surface area contributed by atoms with Crippen LogP contribution in [-0.2, 0) is 4.79 Å². The van der Waals surface area contributed by atoms with Gasteiger partial charge in [-0.3, -0.25) is 9.59 Å². The lowest BCUT2D eigenvalue weighted by atomic mass is 9.85. The Labute approximate surface area is 111 Å². The van der Waals surface area contributed by atoms with Crippen molar-refractivity contribution in [3.8, 4) is 0 Å². The maximum Gasteiger partial charge on any atom is 0.306 e. The van der Waals surface area contributed by atoms with Gasteiger partial charge in [0.25, 0.3) is 0 Å². The molecule has 5 heteroatoms. The third-order valence-electron chi connectivity index (χ3n) is 3.54. The summed E-state index contributed by atoms with van der Waals surface area (Å²) in [5, 5.41) is 12.3. The first-order valence-corrected chi connectivity index (χ1v) is 6.45. The van der Waals surface area contributed by atoms with Gasteiger partial charge in [-0.2, -0.15) is 0 Å². The van der Waals surface area contributed by atoms with E-state index in [2.05, 4.69) is 5.32 Å². The zero-order chi connectivity index (χ0) is 13.8. The van der Waals surface area contributed by atoms with Crippen molar-refractivity contribution in [2.24, 2.45) is 11.7 Å². The van der Waals surface area contributed by atoms with Gasteiger partial charge in [0.2, 0.25) is 5.91 Å². The van der Waals surface area contributed by atoms with Gasteiger partial charge in [-0.15, -0.1) is 0 Å². The van der Waals surface area contributed by atoms with Crippen molar-refractivity contribution in [3.63, 3.8) is 0 Å². The number of nitrogens with one attached hydrogen (secondary N) is 1. The summed E-state index contributed by atoms with van der Waals surface area (Å²) in [6, 6.07) is 7.12. The highest BCUT2D eigenvalue weighted by Crippen LogP contribution is 2.27. The maximum absolute atomic E-state index is 11.1. The van der Waals surface area contributed by atoms with E-state index in [1.807, 2.05) is 6.07 Å². The zero-order valence-electron chi connectivity index (χ0n) is 10.6. The highest BCUT2D eigenvalue weighted by Gasteiger charge is 2.26. The van der Waals surface area contributed by atoms with E-state index in [0.29, 0.717) is 12.0 Å². The fourth-order valence-corrected chi connectivity index (χ4v) is 2.54. The zero-order valence-corrected chi connectivity index (χ0v) is 10.6. The molecule has 1 aliphatic rings. The van der Waals surface area contributed by atoms with Gasteiger partial charge in [-0.25, -0.2) is 0 Å². The van der Waals surface area contributed by atoms with E-state index < -0.39 is 11.9 Å². The molecule has 0 saturated heterocycles. The monoisotopic (exact) mass is 262 g/mol. The maximum atomic E-state index is 11.1. The van der Waals surface area contributed by atoms with Crippen molar-refractivity contribution >= 4 is 17.6 Å². The van der Waals surface area contributed by atoms with Crippen LogP contribution in [-0.4, -0.2) is 23.0 Å². The van der Waals surface area contributed by atoms with Crippen LogP contribution in [0, 0.1) is 5.92 Å². The number of hydrogen-bond donors (Lipinski definition) is 3. The van der Waals surface area contributed by atoms with E-state index in [-0.39, 0.29) is 12.0 Å². The highest BCUT2D eigenvalue weighted by atomic mass is 16.4. The number of amides is 1. The summed E-state index contributed by atoms with van der Waals surface area (Å²) < 4.78 is 0. The second-order valence-corrected chi connectivity index (χ2v) is 4.99. The van der Waals surface area contributed by atoms with Gasteiger partial charge in [-0.1, -0.05) is 12.5 Å². The Kier molecular flexibility index (Phi) is 4.04. The molecule has 1 aromatic rings. The summed E-state index contributed by atoms with van der Waals surface area (Å²) in [5.41, 5.74) is 6.50. The quantitative estimate of drug-likeness (QED) is 0.772. The lowest BCUT2D eigenvalue weighted by Gasteiger charge is -2.28. The van der Waals surface area contributed by atoms with Crippen LogP contribution in [0.4, 0.5) is 5.69 Å². The molecule has 1 saturated carbocycles. The average molecular weight is 262 g/mol. The van der Waals surface area contributed by atoms with Crippen molar-refractivity contribution in [1.29, 1.82) is 0 Å². The molecule has 1 amide bonds. The third-order valence-corrected chi connectivity index (χ3v) is 3.54. The molecule has 0 bridgehead atoms. The van der Waals surface area contributed by atoms with Crippen LogP contribution >= 0.6 is 0 Å². The first-order valence-electron chi connectivity index (χ1n) is 6.45. The summed E-state index contributed by atoms with van der Waals surface area (Å²) in [6.45, 7) is 0. The third kappa shape index (κ3) is 3.47. The minimum absolute atomic E-state index is 0.137. The molecule has 1 aromatic carbocycles. The van der Waals surface area contributed by atoms with Crippen LogP contribution in [0.5, 0.6) is 0 Å². The molecule has 2 unspecified atom stereocenters. The molecule has 19 heavy (non-hydrogen) atoms. The van der Waals surface area contributed by atoms with Crippen LogP contribution in [0.15, 0.2) is 24.3 Å². The molecule has 102 valence electrons. The summed E-state index contributed by atoms with van der Waals surface area (Å²) in [6.07, 6.45) is 3.22. The smallest absolute Gasteiger partial charge is 0.306 e. The molecule has 4 N–H and O–H groups in total. The number of primary amides is 1. The minimum Gasteiger partial charge on any atom is -0.481 e. The summed E-state index contributed by atoms with van der Waals surface area (Å²) in [5.74, 6) is -1.46. The van der Waals surface area contributed by atoms with E-state index in [4.69, 9.17) is 10.8 Å². The van der Waals surface area contributed by atoms with Crippen LogP contribution in [0.3, 0.4) is 0 Å². The SMILES string of the molecule is NC(=O)c1cccc(NC2CCCC(C(=O)O)C2)c1. The number of carbonyl (C=O) groups excluding carboxylic acids is 1. The molecule has 0 heterocycles. The van der Waals surface area contributed by atoms with Crippen LogP contribution < -0.4 is 11.1 Å². The van der Waals surface area contributed by atoms with E-state index in [0.717, 1.165) is 24.9 Å². The van der Waals surface area contributed by atoms with Gasteiger partial charge in [0.1, 0.15) is 0 Å². The molecule has 0 spiro atoms. The number of anilines is 1. The van der Waals surface area contributed by atoms with Crippen molar-refractivity contribution in [2.45, 2.75) is 31.7 Å². The molecule has 0 radical (unpaired) electrons. The number of aliphatic carboxylic acids is 1. The Hall–Kier alpha value is -2.04. The van der Waals surface area contributed by atoms with Gasteiger partial charge in [-0.05, 0) is 37.5 Å². The number of benzene rings is 1. The molecule has 0 aromatic heterocycles. The number of carboxylic acid groups (broad SMARTS) is 1. The number of rotatable bonds is 4. The number of nitrogens with two attached hydrogens (primary N) is 1. The Morgan fingerprint density at radius 3 is 2.79 bits per heavy atom. The Balaban J connectivity index is 2.02. The molecule has 1 fully saturated rings. The number of carboxylic acids is 1. The molecule has 5 nitrogen and oxygen atoms in total. The normalized spacial score (nSPS) is 22.7. The summed E-state index contributed by atoms with van der Waals surface area (Å²) in [4.78, 5) is 22.1. The van der Waals surface area contributed by atoms with Crippen molar-refractivity contribution in [3.05, 3.63) is 29.8 Å². The lowest BCUT2D eigenvalue weighted by molar-refractivity contribution is -0.142. The molecule has 2 atom stereocenters. The van der Waals surface area contributed by atoms with Crippen molar-refractivity contribution in [1.82, 2.24) is 0 Å². The van der Waals surface area contributed by atoms with E-state index >= 15 is 0 Å². The van der Waals surface area contributed by atoms with Crippen molar-refractivity contribution < 1.29 is 14.7 Å². The Bertz CT molecular complexity index is 487. The average Bonchev–Trinajstić information content (AvgIpc) is 2.39. The minimum atomic E-state index is -0.725. The standard InChI is InChI=1S/C14H18N2O3/c15-13(17)9-3-1-5-11(7-9)16-12-6-2-4-10(8-12)14(18)19/h1,3,5,7,10,12,16H,2,4,6,8H2,(H2,15,17)(H,18,19). The highest BCUT2D eigenvalue weighted by molar-refractivity contribution is 5.93. The van der Waals surface area contributed by atoms with Gasteiger partial charge >= 0.3 is 5.97 Å². The topological polar surface area (TPSA) is 92.4 Å². The number of carbonyl (C=O) groups is 2. The predicted molar refractivity (Wildman–Crippen MR) is 72.0 cm³/mol. The van der Waals surface area contributed by atoms with E-state index in [1.165, 1.54) is 0 Å². The fraction of sp³-hybridized carbons (Fsp3) is 0.429. The molecule has 2 rings (SSSR count). The first kappa shape index (κ1) is 13.4. The fourth-order valence-electron chi connectivity index (χ4n) is 2.54. The van der Waals surface area contributed by atoms with Gasteiger partial charge < -0.3 is 16.2 Å². The molecule has 1 aliphatic carbocycles. The molecular formula is C14H18N2O3. The van der Waals surface area contributed by atoms with Gasteiger partial charge in [0, 0.05) is 17.3 Å². The molecule has 0 aliphatic heterocycles. The molecular weight excluding hydrogens is 244 g/mol. The van der Waals surface area contributed by atoms with E-state index in [1.54, 1.807) is 18.2 Å². The number of hydrogen-bond acceptors (Lipinski definition) is 3. The Morgan fingerprint density at radius 2 is 2.11 bits per heavy atom. The van der Waals surface area contributed by atoms with Crippen molar-refractivity contribution in [2.75, 3.05) is 5.32 Å². The summed E-state index contributed by atoms with van der Waals surface area (Å²) >= 11 is 0. The van der Waals surface area contributed by atoms with Crippen LogP contribution in [0.25, 0.3) is 0 Å². The first-order chi connectivity index (χ1) is 9.06. The Morgan fingerprint density at radius 1 is 1.32 bits per heavy atom. The largest absolute Gasteiger partial charge is 0.481 e.